The monoisotopic (exact) mass is 223 g/mol. The van der Waals surface area contributed by atoms with Crippen molar-refractivity contribution in [2.24, 2.45) is 11.5 Å². The first-order chi connectivity index (χ1) is 5.93. The SMILES string of the molecule is CC(C)NC(=O)C(N)CCC(N)=O.Cl. The lowest BCUT2D eigenvalue weighted by Crippen LogP contribution is -2.43. The van der Waals surface area contributed by atoms with Gasteiger partial charge >= 0.3 is 0 Å². The molecule has 0 aliphatic carbocycles. The van der Waals surface area contributed by atoms with Gasteiger partial charge in [-0.05, 0) is 20.3 Å². The molecular formula is C8H18ClN3O2. The maximum absolute atomic E-state index is 11.2. The molecule has 1 atom stereocenters. The van der Waals surface area contributed by atoms with E-state index in [1.807, 2.05) is 13.8 Å². The van der Waals surface area contributed by atoms with Gasteiger partial charge in [0.25, 0.3) is 0 Å². The molecule has 0 fully saturated rings. The second kappa shape index (κ2) is 7.58. The molecule has 0 aromatic heterocycles. The van der Waals surface area contributed by atoms with Crippen molar-refractivity contribution in [2.45, 2.75) is 38.8 Å². The van der Waals surface area contributed by atoms with Gasteiger partial charge < -0.3 is 16.8 Å². The lowest BCUT2D eigenvalue weighted by molar-refractivity contribution is -0.123. The van der Waals surface area contributed by atoms with Crippen LogP contribution in [0.3, 0.4) is 0 Å². The molecule has 2 amide bonds. The van der Waals surface area contributed by atoms with Crippen molar-refractivity contribution in [1.29, 1.82) is 0 Å². The Labute approximate surface area is 90.0 Å². The highest BCUT2D eigenvalue weighted by Crippen LogP contribution is 1.94. The van der Waals surface area contributed by atoms with Crippen LogP contribution in [0.15, 0.2) is 0 Å². The van der Waals surface area contributed by atoms with Crippen LogP contribution in [0.25, 0.3) is 0 Å². The number of nitrogens with two attached hydrogens (primary N) is 2. The number of carbonyl (C=O) groups is 2. The van der Waals surface area contributed by atoms with Crippen molar-refractivity contribution < 1.29 is 9.59 Å². The van der Waals surface area contributed by atoms with Gasteiger partial charge in [0.05, 0.1) is 6.04 Å². The van der Waals surface area contributed by atoms with Crippen LogP contribution in [0.5, 0.6) is 0 Å². The molecule has 6 heteroatoms. The summed E-state index contributed by atoms with van der Waals surface area (Å²) < 4.78 is 0. The Kier molecular flexibility index (Phi) is 8.48. The molecule has 0 saturated carbocycles. The van der Waals surface area contributed by atoms with Gasteiger partial charge in [-0.15, -0.1) is 12.4 Å². The number of nitrogens with one attached hydrogen (secondary N) is 1. The molecule has 0 spiro atoms. The van der Waals surface area contributed by atoms with Crippen LogP contribution in [-0.4, -0.2) is 23.9 Å². The van der Waals surface area contributed by atoms with Crippen molar-refractivity contribution in [1.82, 2.24) is 5.32 Å². The van der Waals surface area contributed by atoms with Gasteiger partial charge in [-0.2, -0.15) is 0 Å². The molecule has 0 aromatic rings. The van der Waals surface area contributed by atoms with Crippen molar-refractivity contribution in [2.75, 3.05) is 0 Å². The number of hydrogen-bond acceptors (Lipinski definition) is 3. The smallest absolute Gasteiger partial charge is 0.237 e. The summed E-state index contributed by atoms with van der Waals surface area (Å²) in [4.78, 5) is 21.6. The quantitative estimate of drug-likeness (QED) is 0.588. The Hall–Kier alpha value is -0.810. The number of primary amides is 1. The first kappa shape index (κ1) is 15.7. The summed E-state index contributed by atoms with van der Waals surface area (Å²) in [5.74, 6) is -0.677. The molecule has 14 heavy (non-hydrogen) atoms. The highest BCUT2D eigenvalue weighted by Gasteiger charge is 2.14. The summed E-state index contributed by atoms with van der Waals surface area (Å²) in [5, 5.41) is 2.65. The standard InChI is InChI=1S/C8H17N3O2.ClH/c1-5(2)11-8(13)6(9)3-4-7(10)12;/h5-6H,3-4,9H2,1-2H3,(H2,10,12)(H,11,13);1H. The number of amides is 2. The molecule has 5 nitrogen and oxygen atoms in total. The first-order valence-electron chi connectivity index (χ1n) is 4.27. The second-order valence-electron chi connectivity index (χ2n) is 3.27. The molecule has 0 saturated heterocycles. The van der Waals surface area contributed by atoms with Crippen LogP contribution in [0.1, 0.15) is 26.7 Å². The van der Waals surface area contributed by atoms with Gasteiger partial charge in [-0.25, -0.2) is 0 Å². The number of halogens is 1. The third-order valence-electron chi connectivity index (χ3n) is 1.47. The average Bonchev–Trinajstić information content (AvgIpc) is 1.98. The molecule has 0 aliphatic rings. The van der Waals surface area contributed by atoms with E-state index in [-0.39, 0.29) is 30.8 Å². The largest absolute Gasteiger partial charge is 0.370 e. The Bertz CT molecular complexity index is 197. The molecular weight excluding hydrogens is 206 g/mol. The van der Waals surface area contributed by atoms with Crippen molar-refractivity contribution >= 4 is 24.2 Å². The maximum atomic E-state index is 11.2. The van der Waals surface area contributed by atoms with Gasteiger partial charge in [-0.1, -0.05) is 0 Å². The van der Waals surface area contributed by atoms with E-state index in [4.69, 9.17) is 11.5 Å². The Morgan fingerprint density at radius 3 is 2.21 bits per heavy atom. The summed E-state index contributed by atoms with van der Waals surface area (Å²) in [6.07, 6.45) is 0.445. The zero-order valence-corrected chi connectivity index (χ0v) is 9.26. The number of hydrogen-bond donors (Lipinski definition) is 3. The second-order valence-corrected chi connectivity index (χ2v) is 3.27. The van der Waals surface area contributed by atoms with E-state index < -0.39 is 11.9 Å². The highest BCUT2D eigenvalue weighted by molar-refractivity contribution is 5.85. The minimum Gasteiger partial charge on any atom is -0.370 e. The van der Waals surface area contributed by atoms with Crippen LogP contribution in [0.2, 0.25) is 0 Å². The van der Waals surface area contributed by atoms with E-state index in [0.717, 1.165) is 0 Å². The van der Waals surface area contributed by atoms with Gasteiger partial charge in [-0.3, -0.25) is 9.59 Å². The molecule has 1 unspecified atom stereocenters. The Morgan fingerprint density at radius 2 is 1.86 bits per heavy atom. The number of rotatable bonds is 5. The third kappa shape index (κ3) is 7.82. The van der Waals surface area contributed by atoms with Crippen LogP contribution in [-0.2, 0) is 9.59 Å². The summed E-state index contributed by atoms with van der Waals surface area (Å²) in [5.41, 5.74) is 10.4. The first-order valence-corrected chi connectivity index (χ1v) is 4.27. The van der Waals surface area contributed by atoms with E-state index in [2.05, 4.69) is 5.32 Å². The van der Waals surface area contributed by atoms with Gasteiger partial charge in [0.1, 0.15) is 0 Å². The average molecular weight is 224 g/mol. The molecule has 0 heterocycles. The molecule has 5 N–H and O–H groups in total. The maximum Gasteiger partial charge on any atom is 0.237 e. The summed E-state index contributed by atoms with van der Waals surface area (Å²) >= 11 is 0. The van der Waals surface area contributed by atoms with E-state index in [0.29, 0.717) is 6.42 Å². The highest BCUT2D eigenvalue weighted by atomic mass is 35.5. The molecule has 0 aromatic carbocycles. The minimum absolute atomic E-state index is 0. The predicted octanol–water partition coefficient (Wildman–Crippen LogP) is -0.474. The molecule has 0 aliphatic heterocycles. The zero-order chi connectivity index (χ0) is 10.4. The summed E-state index contributed by atoms with van der Waals surface area (Å²) in [7, 11) is 0. The van der Waals surface area contributed by atoms with Crippen molar-refractivity contribution in [3.8, 4) is 0 Å². The van der Waals surface area contributed by atoms with E-state index in [9.17, 15) is 9.59 Å². The summed E-state index contributed by atoms with van der Waals surface area (Å²) in [6, 6.07) is -0.581. The topological polar surface area (TPSA) is 98.2 Å². The lowest BCUT2D eigenvalue weighted by atomic mass is 10.1. The van der Waals surface area contributed by atoms with Gasteiger partial charge in [0, 0.05) is 12.5 Å². The Balaban J connectivity index is 0. The fourth-order valence-electron chi connectivity index (χ4n) is 0.820. The normalized spacial score (nSPS) is 11.7. The van der Waals surface area contributed by atoms with Crippen LogP contribution in [0.4, 0.5) is 0 Å². The van der Waals surface area contributed by atoms with Crippen molar-refractivity contribution in [3.05, 3.63) is 0 Å². The molecule has 84 valence electrons. The lowest BCUT2D eigenvalue weighted by Gasteiger charge is -2.13. The minimum atomic E-state index is -0.644. The van der Waals surface area contributed by atoms with Crippen LogP contribution < -0.4 is 16.8 Å². The van der Waals surface area contributed by atoms with Crippen LogP contribution in [0, 0.1) is 0 Å². The van der Waals surface area contributed by atoms with E-state index in [1.54, 1.807) is 0 Å². The molecule has 0 radical (unpaired) electrons. The fourth-order valence-corrected chi connectivity index (χ4v) is 0.820. The fraction of sp³-hybridized carbons (Fsp3) is 0.750. The molecule has 0 rings (SSSR count). The third-order valence-corrected chi connectivity index (χ3v) is 1.47. The van der Waals surface area contributed by atoms with Gasteiger partial charge in [0.2, 0.25) is 11.8 Å². The Morgan fingerprint density at radius 1 is 1.36 bits per heavy atom. The van der Waals surface area contributed by atoms with Crippen LogP contribution >= 0.6 is 12.4 Å². The van der Waals surface area contributed by atoms with E-state index >= 15 is 0 Å². The zero-order valence-electron chi connectivity index (χ0n) is 8.45. The predicted molar refractivity (Wildman–Crippen MR) is 56.9 cm³/mol. The molecule has 0 bridgehead atoms. The summed E-state index contributed by atoms with van der Waals surface area (Å²) in [6.45, 7) is 3.69. The van der Waals surface area contributed by atoms with Gasteiger partial charge in [0.15, 0.2) is 0 Å². The number of carbonyl (C=O) groups excluding carboxylic acids is 2. The van der Waals surface area contributed by atoms with E-state index in [1.165, 1.54) is 0 Å². The van der Waals surface area contributed by atoms with Crippen molar-refractivity contribution in [3.63, 3.8) is 0 Å².